The number of hydrogen-bond donors (Lipinski definition) is 1. The zero-order valence-corrected chi connectivity index (χ0v) is 11.9. The minimum Gasteiger partial charge on any atom is -0.380 e. The predicted molar refractivity (Wildman–Crippen MR) is 77.4 cm³/mol. The van der Waals surface area contributed by atoms with Crippen molar-refractivity contribution < 1.29 is 0 Å². The molecule has 0 bridgehead atoms. The summed E-state index contributed by atoms with van der Waals surface area (Å²) in [7, 11) is 0. The van der Waals surface area contributed by atoms with Crippen molar-refractivity contribution in [3.63, 3.8) is 0 Å². The second-order valence-corrected chi connectivity index (χ2v) is 6.17. The molecule has 98 valence electrons. The third-order valence-corrected chi connectivity index (χ3v) is 4.69. The van der Waals surface area contributed by atoms with Crippen LogP contribution in [0.5, 0.6) is 0 Å². The first-order valence-corrected chi connectivity index (χ1v) is 7.30. The van der Waals surface area contributed by atoms with Crippen LogP contribution < -0.4 is 5.32 Å². The molecule has 1 aliphatic heterocycles. The molecule has 3 heteroatoms. The summed E-state index contributed by atoms with van der Waals surface area (Å²) in [6.45, 7) is 5.56. The number of halogens is 1. The second kappa shape index (κ2) is 4.75. The van der Waals surface area contributed by atoms with Crippen LogP contribution in [0.15, 0.2) is 18.2 Å². The normalized spacial score (nSPS) is 28.6. The van der Waals surface area contributed by atoms with E-state index < -0.39 is 0 Å². The average Bonchev–Trinajstić information content (AvgIpc) is 3.10. The molecule has 2 aliphatic rings. The average molecular weight is 265 g/mol. The molecule has 0 aromatic heterocycles. The fourth-order valence-corrected chi connectivity index (χ4v) is 3.24. The molecule has 2 fully saturated rings. The largest absolute Gasteiger partial charge is 0.380 e. The molecule has 1 aromatic rings. The zero-order chi connectivity index (χ0) is 12.7. The molecule has 0 spiro atoms. The van der Waals surface area contributed by atoms with E-state index in [9.17, 15) is 0 Å². The standard InChI is InChI=1S/C15H21ClN2/c1-10-4-3-5-14(15(10)16)17-12-8-11(2)18(9-12)13-6-7-13/h3-5,11-13,17H,6-9H2,1-2H3. The summed E-state index contributed by atoms with van der Waals surface area (Å²) in [5, 5.41) is 4.49. The van der Waals surface area contributed by atoms with Crippen molar-refractivity contribution in [3.8, 4) is 0 Å². The fourth-order valence-electron chi connectivity index (χ4n) is 3.05. The number of rotatable bonds is 3. The van der Waals surface area contributed by atoms with Gasteiger partial charge in [-0.3, -0.25) is 4.90 Å². The Morgan fingerprint density at radius 1 is 1.33 bits per heavy atom. The Morgan fingerprint density at radius 2 is 2.11 bits per heavy atom. The Bertz CT molecular complexity index is 442. The number of nitrogens with zero attached hydrogens (tertiary/aromatic N) is 1. The SMILES string of the molecule is Cc1cccc(NC2CC(C)N(C3CC3)C2)c1Cl. The van der Waals surface area contributed by atoms with Crippen LogP contribution in [0.2, 0.25) is 5.02 Å². The maximum Gasteiger partial charge on any atom is 0.0666 e. The molecule has 1 saturated carbocycles. The molecule has 0 amide bonds. The van der Waals surface area contributed by atoms with E-state index >= 15 is 0 Å². The first-order valence-electron chi connectivity index (χ1n) is 6.92. The van der Waals surface area contributed by atoms with Crippen LogP contribution >= 0.6 is 11.6 Å². The lowest BCUT2D eigenvalue weighted by Crippen LogP contribution is -2.31. The number of anilines is 1. The van der Waals surface area contributed by atoms with Gasteiger partial charge in [0.05, 0.1) is 10.7 Å². The molecule has 1 heterocycles. The number of likely N-dealkylation sites (tertiary alicyclic amines) is 1. The lowest BCUT2D eigenvalue weighted by molar-refractivity contribution is 0.257. The second-order valence-electron chi connectivity index (χ2n) is 5.79. The van der Waals surface area contributed by atoms with Crippen LogP contribution in [0, 0.1) is 6.92 Å². The van der Waals surface area contributed by atoms with Gasteiger partial charge in [-0.05, 0) is 44.7 Å². The van der Waals surface area contributed by atoms with Gasteiger partial charge in [0.25, 0.3) is 0 Å². The third-order valence-electron chi connectivity index (χ3n) is 4.19. The number of aryl methyl sites for hydroxylation is 1. The van der Waals surface area contributed by atoms with Crippen LogP contribution in [0.4, 0.5) is 5.69 Å². The third kappa shape index (κ3) is 2.36. The van der Waals surface area contributed by atoms with Crippen molar-refractivity contribution in [3.05, 3.63) is 28.8 Å². The highest BCUT2D eigenvalue weighted by molar-refractivity contribution is 6.34. The number of benzene rings is 1. The van der Waals surface area contributed by atoms with Gasteiger partial charge in [0.1, 0.15) is 0 Å². The van der Waals surface area contributed by atoms with E-state index in [0.717, 1.165) is 28.9 Å². The Labute approximate surface area is 114 Å². The van der Waals surface area contributed by atoms with E-state index in [1.807, 2.05) is 0 Å². The Hall–Kier alpha value is -0.730. The smallest absolute Gasteiger partial charge is 0.0666 e. The van der Waals surface area contributed by atoms with Crippen molar-refractivity contribution >= 4 is 17.3 Å². The predicted octanol–water partition coefficient (Wildman–Crippen LogP) is 3.69. The Morgan fingerprint density at radius 3 is 2.83 bits per heavy atom. The summed E-state index contributed by atoms with van der Waals surface area (Å²) in [6, 6.07) is 8.32. The van der Waals surface area contributed by atoms with Crippen LogP contribution in [0.1, 0.15) is 31.7 Å². The van der Waals surface area contributed by atoms with Gasteiger partial charge in [-0.25, -0.2) is 0 Å². The summed E-state index contributed by atoms with van der Waals surface area (Å²) in [6.07, 6.45) is 4.01. The zero-order valence-electron chi connectivity index (χ0n) is 11.1. The fraction of sp³-hybridized carbons (Fsp3) is 0.600. The number of hydrogen-bond acceptors (Lipinski definition) is 2. The van der Waals surface area contributed by atoms with E-state index in [1.54, 1.807) is 0 Å². The molecule has 18 heavy (non-hydrogen) atoms. The molecule has 2 nitrogen and oxygen atoms in total. The van der Waals surface area contributed by atoms with Crippen molar-refractivity contribution in [2.45, 2.75) is 51.2 Å². The summed E-state index contributed by atoms with van der Waals surface area (Å²) in [5.74, 6) is 0. The van der Waals surface area contributed by atoms with Crippen molar-refractivity contribution in [1.82, 2.24) is 4.90 Å². The molecule has 2 unspecified atom stereocenters. The summed E-state index contributed by atoms with van der Waals surface area (Å²) < 4.78 is 0. The van der Waals surface area contributed by atoms with Gasteiger partial charge in [-0.15, -0.1) is 0 Å². The van der Waals surface area contributed by atoms with E-state index in [4.69, 9.17) is 11.6 Å². The van der Waals surface area contributed by atoms with Gasteiger partial charge < -0.3 is 5.32 Å². The summed E-state index contributed by atoms with van der Waals surface area (Å²) in [4.78, 5) is 2.65. The van der Waals surface area contributed by atoms with E-state index in [1.165, 1.54) is 19.3 Å². The maximum atomic E-state index is 6.34. The molecular weight excluding hydrogens is 244 g/mol. The highest BCUT2D eigenvalue weighted by atomic mass is 35.5. The molecule has 1 N–H and O–H groups in total. The van der Waals surface area contributed by atoms with Crippen molar-refractivity contribution in [2.24, 2.45) is 0 Å². The quantitative estimate of drug-likeness (QED) is 0.896. The lowest BCUT2D eigenvalue weighted by atomic mass is 10.1. The van der Waals surface area contributed by atoms with E-state index in [2.05, 4.69) is 42.3 Å². The first-order chi connectivity index (χ1) is 8.65. The summed E-state index contributed by atoms with van der Waals surface area (Å²) >= 11 is 6.34. The van der Waals surface area contributed by atoms with Crippen molar-refractivity contribution in [1.29, 1.82) is 0 Å². The molecule has 1 saturated heterocycles. The number of nitrogens with one attached hydrogen (secondary N) is 1. The topological polar surface area (TPSA) is 15.3 Å². The van der Waals surface area contributed by atoms with Gasteiger partial charge in [-0.1, -0.05) is 23.7 Å². The molecule has 1 aliphatic carbocycles. The van der Waals surface area contributed by atoms with E-state index in [0.29, 0.717) is 12.1 Å². The van der Waals surface area contributed by atoms with E-state index in [-0.39, 0.29) is 0 Å². The van der Waals surface area contributed by atoms with Crippen molar-refractivity contribution in [2.75, 3.05) is 11.9 Å². The Balaban J connectivity index is 1.68. The molecule has 0 radical (unpaired) electrons. The van der Waals surface area contributed by atoms with Gasteiger partial charge >= 0.3 is 0 Å². The minimum absolute atomic E-state index is 0.542. The maximum absolute atomic E-state index is 6.34. The van der Waals surface area contributed by atoms with Crippen LogP contribution in [-0.2, 0) is 0 Å². The van der Waals surface area contributed by atoms with Crippen LogP contribution in [-0.4, -0.2) is 29.6 Å². The minimum atomic E-state index is 0.542. The van der Waals surface area contributed by atoms with Gasteiger partial charge in [0, 0.05) is 24.7 Å². The molecule has 1 aromatic carbocycles. The van der Waals surface area contributed by atoms with Crippen LogP contribution in [0.3, 0.4) is 0 Å². The molecule has 2 atom stereocenters. The Kier molecular flexibility index (Phi) is 3.25. The van der Waals surface area contributed by atoms with Gasteiger partial charge in [0.15, 0.2) is 0 Å². The lowest BCUT2D eigenvalue weighted by Gasteiger charge is -2.20. The van der Waals surface area contributed by atoms with Crippen LogP contribution in [0.25, 0.3) is 0 Å². The highest BCUT2D eigenvalue weighted by Crippen LogP contribution is 2.35. The molecular formula is C15H21ClN2. The first kappa shape index (κ1) is 12.3. The molecule has 3 rings (SSSR count). The van der Waals surface area contributed by atoms with Gasteiger partial charge in [0.2, 0.25) is 0 Å². The summed E-state index contributed by atoms with van der Waals surface area (Å²) in [5.41, 5.74) is 2.23. The highest BCUT2D eigenvalue weighted by Gasteiger charge is 2.38. The monoisotopic (exact) mass is 264 g/mol. The van der Waals surface area contributed by atoms with Gasteiger partial charge in [-0.2, -0.15) is 0 Å².